The summed E-state index contributed by atoms with van der Waals surface area (Å²) >= 11 is 0. The number of fused-ring (bicyclic) bond motifs is 1. The second kappa shape index (κ2) is 13.6. The molecule has 230 valence electrons. The van der Waals surface area contributed by atoms with Gasteiger partial charge < -0.3 is 30.0 Å². The van der Waals surface area contributed by atoms with E-state index in [1.165, 1.54) is 19.2 Å². The number of rotatable bonds is 10. The van der Waals surface area contributed by atoms with Gasteiger partial charge in [-0.25, -0.2) is 9.97 Å². The van der Waals surface area contributed by atoms with Crippen LogP contribution in [0, 0.1) is 11.3 Å². The number of methoxy groups -OCH3 is 1. The summed E-state index contributed by atoms with van der Waals surface area (Å²) in [6, 6.07) is 17.1. The van der Waals surface area contributed by atoms with Crippen molar-refractivity contribution in [2.24, 2.45) is 0 Å². The van der Waals surface area contributed by atoms with Crippen molar-refractivity contribution in [1.82, 2.24) is 24.3 Å². The topological polar surface area (TPSA) is 117 Å². The van der Waals surface area contributed by atoms with Crippen LogP contribution in [-0.2, 0) is 4.74 Å². The summed E-state index contributed by atoms with van der Waals surface area (Å²) in [6.07, 6.45) is 9.01. The van der Waals surface area contributed by atoms with Crippen LogP contribution in [0.5, 0.6) is 11.5 Å². The zero-order valence-corrected chi connectivity index (χ0v) is 25.7. The van der Waals surface area contributed by atoms with E-state index in [4.69, 9.17) is 15.2 Å². The molecule has 0 atom stereocenters. The first-order valence-electron chi connectivity index (χ1n) is 15.6. The van der Waals surface area contributed by atoms with E-state index >= 15 is 0 Å². The van der Waals surface area contributed by atoms with E-state index in [2.05, 4.69) is 49.0 Å². The van der Waals surface area contributed by atoms with Gasteiger partial charge in [0.25, 0.3) is 0 Å². The standard InChI is InChI=1S/C34H42N8O2/c1-40-16-18-41(19-17-40)25-9-11-26(12-10-25)42-22-31(32-33(36)38-23-39-34(32)42)44-27-13-7-24(8-14-27)28-5-3-6-30(29(28)21-35)37-15-4-20-43-2/h3,5-8,13-14,22-23,25-26,37H,4,9-12,15-20H2,1-2H3,(H2,36,38,39). The number of anilines is 2. The molecule has 4 aromatic rings. The third kappa shape index (κ3) is 6.36. The molecule has 1 aliphatic heterocycles. The first-order chi connectivity index (χ1) is 21.6. The van der Waals surface area contributed by atoms with E-state index in [9.17, 15) is 5.26 Å². The number of nitrogens with two attached hydrogens (primary N) is 1. The average Bonchev–Trinajstić information content (AvgIpc) is 3.43. The monoisotopic (exact) mass is 594 g/mol. The molecule has 2 aliphatic rings. The van der Waals surface area contributed by atoms with Crippen LogP contribution < -0.4 is 15.8 Å². The number of hydrogen-bond acceptors (Lipinski definition) is 9. The number of benzene rings is 2. The predicted octanol–water partition coefficient (Wildman–Crippen LogP) is 5.52. The number of likely N-dealkylation sites (N-methyl/N-ethyl adjacent to an activating group) is 1. The maximum Gasteiger partial charge on any atom is 0.158 e. The largest absolute Gasteiger partial charge is 0.455 e. The number of hydrogen-bond donors (Lipinski definition) is 2. The molecular formula is C34H42N8O2. The number of nitriles is 1. The highest BCUT2D eigenvalue weighted by molar-refractivity contribution is 5.93. The summed E-state index contributed by atoms with van der Waals surface area (Å²) in [5, 5.41) is 14.1. The molecule has 3 N–H and O–H groups in total. The van der Waals surface area contributed by atoms with Gasteiger partial charge in [0, 0.05) is 70.3 Å². The summed E-state index contributed by atoms with van der Waals surface area (Å²) in [7, 11) is 3.90. The number of nitrogens with one attached hydrogen (secondary N) is 1. The van der Waals surface area contributed by atoms with Crippen molar-refractivity contribution in [2.45, 2.75) is 44.2 Å². The maximum absolute atomic E-state index is 9.97. The van der Waals surface area contributed by atoms with Gasteiger partial charge in [0.05, 0.1) is 11.3 Å². The molecule has 2 fully saturated rings. The number of nitrogen functional groups attached to an aromatic ring is 1. The van der Waals surface area contributed by atoms with E-state index < -0.39 is 0 Å². The minimum atomic E-state index is 0.343. The molecule has 6 rings (SSSR count). The zero-order valence-electron chi connectivity index (χ0n) is 25.7. The van der Waals surface area contributed by atoms with Gasteiger partial charge in [0.2, 0.25) is 0 Å². The average molecular weight is 595 g/mol. The molecular weight excluding hydrogens is 552 g/mol. The van der Waals surface area contributed by atoms with Gasteiger partial charge in [-0.15, -0.1) is 0 Å². The minimum Gasteiger partial charge on any atom is -0.455 e. The Kier molecular flexibility index (Phi) is 9.26. The number of piperazine rings is 1. The van der Waals surface area contributed by atoms with E-state index in [1.54, 1.807) is 7.11 Å². The van der Waals surface area contributed by atoms with Crippen LogP contribution in [0.3, 0.4) is 0 Å². The van der Waals surface area contributed by atoms with E-state index in [0.717, 1.165) is 79.8 Å². The van der Waals surface area contributed by atoms with Crippen molar-refractivity contribution >= 4 is 22.5 Å². The second-order valence-corrected chi connectivity index (χ2v) is 11.9. The zero-order chi connectivity index (χ0) is 30.5. The molecule has 1 saturated heterocycles. The van der Waals surface area contributed by atoms with Crippen LogP contribution in [0.25, 0.3) is 22.2 Å². The van der Waals surface area contributed by atoms with Crippen molar-refractivity contribution in [2.75, 3.05) is 64.5 Å². The summed E-state index contributed by atoms with van der Waals surface area (Å²) in [4.78, 5) is 14.0. The van der Waals surface area contributed by atoms with Crippen molar-refractivity contribution < 1.29 is 9.47 Å². The van der Waals surface area contributed by atoms with Gasteiger partial charge in [-0.1, -0.05) is 24.3 Å². The summed E-state index contributed by atoms with van der Waals surface area (Å²) in [5.74, 6) is 1.76. The molecule has 0 amide bonds. The molecule has 0 unspecified atom stereocenters. The van der Waals surface area contributed by atoms with E-state index in [-0.39, 0.29) is 0 Å². The Morgan fingerprint density at radius 1 is 1.00 bits per heavy atom. The van der Waals surface area contributed by atoms with Crippen molar-refractivity contribution in [3.8, 4) is 28.7 Å². The smallest absolute Gasteiger partial charge is 0.158 e. The van der Waals surface area contributed by atoms with Crippen molar-refractivity contribution in [1.29, 1.82) is 5.26 Å². The Balaban J connectivity index is 1.19. The normalized spacial score (nSPS) is 19.6. The lowest BCUT2D eigenvalue weighted by Crippen LogP contribution is -2.49. The first kappa shape index (κ1) is 29.9. The Labute approximate surface area is 259 Å². The highest BCUT2D eigenvalue weighted by Gasteiger charge is 2.30. The van der Waals surface area contributed by atoms with E-state index in [0.29, 0.717) is 41.6 Å². The van der Waals surface area contributed by atoms with Crippen LogP contribution in [-0.4, -0.2) is 83.9 Å². The van der Waals surface area contributed by atoms with Gasteiger partial charge in [-0.05, 0) is 62.9 Å². The fourth-order valence-corrected chi connectivity index (χ4v) is 6.65. The lowest BCUT2D eigenvalue weighted by Gasteiger charge is -2.41. The molecule has 0 radical (unpaired) electrons. The minimum absolute atomic E-state index is 0.343. The lowest BCUT2D eigenvalue weighted by molar-refractivity contribution is 0.0827. The molecule has 2 aromatic carbocycles. The summed E-state index contributed by atoms with van der Waals surface area (Å²) in [5.41, 5.74) is 10.5. The third-order valence-electron chi connectivity index (χ3n) is 9.13. The van der Waals surface area contributed by atoms with Crippen LogP contribution in [0.15, 0.2) is 55.0 Å². The lowest BCUT2D eigenvalue weighted by atomic mass is 9.89. The fraction of sp³-hybridized carbons (Fsp3) is 0.441. The Morgan fingerprint density at radius 3 is 2.48 bits per heavy atom. The van der Waals surface area contributed by atoms with Gasteiger partial charge in [0.15, 0.2) is 5.75 Å². The Morgan fingerprint density at radius 2 is 1.75 bits per heavy atom. The molecule has 1 aliphatic carbocycles. The Bertz CT molecular complexity index is 1600. The van der Waals surface area contributed by atoms with Crippen molar-refractivity contribution in [3.63, 3.8) is 0 Å². The number of ether oxygens (including phenoxy) is 2. The summed E-state index contributed by atoms with van der Waals surface area (Å²) in [6.45, 7) is 6.03. The maximum atomic E-state index is 9.97. The highest BCUT2D eigenvalue weighted by atomic mass is 16.5. The SMILES string of the molecule is COCCCNc1cccc(-c2ccc(Oc3cn(C4CCC(N5CCN(C)CC5)CC4)c4ncnc(N)c34)cc2)c1C#N. The van der Waals surface area contributed by atoms with E-state index in [1.807, 2.05) is 42.5 Å². The highest BCUT2D eigenvalue weighted by Crippen LogP contribution is 2.40. The number of aromatic nitrogens is 3. The summed E-state index contributed by atoms with van der Waals surface area (Å²) < 4.78 is 13.8. The van der Waals surface area contributed by atoms with Crippen molar-refractivity contribution in [3.05, 3.63) is 60.6 Å². The quantitative estimate of drug-likeness (QED) is 0.229. The van der Waals surface area contributed by atoms with Gasteiger partial charge in [0.1, 0.15) is 35.0 Å². The third-order valence-corrected chi connectivity index (χ3v) is 9.13. The van der Waals surface area contributed by atoms with Gasteiger partial charge >= 0.3 is 0 Å². The van der Waals surface area contributed by atoms with Crippen LogP contribution in [0.4, 0.5) is 11.5 Å². The molecule has 10 nitrogen and oxygen atoms in total. The van der Waals surface area contributed by atoms with Crippen LogP contribution in [0.2, 0.25) is 0 Å². The van der Waals surface area contributed by atoms with Crippen LogP contribution >= 0.6 is 0 Å². The molecule has 44 heavy (non-hydrogen) atoms. The number of nitrogens with zero attached hydrogens (tertiary/aromatic N) is 6. The molecule has 0 spiro atoms. The van der Waals surface area contributed by atoms with Crippen LogP contribution in [0.1, 0.15) is 43.7 Å². The second-order valence-electron chi connectivity index (χ2n) is 11.9. The van der Waals surface area contributed by atoms with Gasteiger partial charge in [-0.2, -0.15) is 5.26 Å². The molecule has 3 heterocycles. The first-order valence-corrected chi connectivity index (χ1v) is 15.6. The van der Waals surface area contributed by atoms with Gasteiger partial charge in [-0.3, -0.25) is 4.90 Å². The molecule has 0 bridgehead atoms. The molecule has 2 aromatic heterocycles. The molecule has 10 heteroatoms. The molecule has 1 saturated carbocycles. The Hall–Kier alpha value is -4.17. The fourth-order valence-electron chi connectivity index (χ4n) is 6.65. The predicted molar refractivity (Wildman–Crippen MR) is 174 cm³/mol.